The normalized spacial score (nSPS) is 12.0. The Kier molecular flexibility index (Phi) is 17.6. The SMILES string of the molecule is NCC(NC(=O)c1cc(-c2cn[nH]c2)c(-c2ccnc3[nH]ccc23)s1)c1ccccc1.NCC(NC(=O)c1cc(-c2cn[nH]c2)c(-c2ccnc3[nH]ccc23)s1)c1ccccc1.O=C(O)C(F)(F)F.O=C(O)C(F)(F)F. The molecule has 26 heteroatoms. The van der Waals surface area contributed by atoms with Gasteiger partial charge < -0.3 is 42.3 Å². The van der Waals surface area contributed by atoms with Crippen LogP contribution in [0.1, 0.15) is 42.6 Å². The molecule has 392 valence electrons. The number of thiophene rings is 2. The smallest absolute Gasteiger partial charge is 0.475 e. The largest absolute Gasteiger partial charge is 0.490 e. The van der Waals surface area contributed by atoms with E-state index in [1.807, 2.05) is 122 Å². The molecule has 0 saturated carbocycles. The third-order valence-electron chi connectivity index (χ3n) is 10.9. The number of pyridine rings is 2. The lowest BCUT2D eigenvalue weighted by atomic mass is 10.0. The number of alkyl halides is 6. The Hall–Kier alpha value is -8.98. The van der Waals surface area contributed by atoms with Crippen molar-refractivity contribution in [2.45, 2.75) is 24.4 Å². The van der Waals surface area contributed by atoms with Gasteiger partial charge in [-0.3, -0.25) is 19.8 Å². The van der Waals surface area contributed by atoms with Crippen LogP contribution in [0.2, 0.25) is 0 Å². The molecule has 0 bridgehead atoms. The minimum absolute atomic E-state index is 0.153. The van der Waals surface area contributed by atoms with Gasteiger partial charge >= 0.3 is 24.3 Å². The maximum atomic E-state index is 13.2. The van der Waals surface area contributed by atoms with E-state index in [2.05, 4.69) is 51.0 Å². The van der Waals surface area contributed by atoms with Crippen LogP contribution in [-0.2, 0) is 9.59 Å². The number of benzene rings is 2. The molecule has 2 atom stereocenters. The predicted octanol–water partition coefficient (Wildman–Crippen LogP) is 9.49. The Morgan fingerprint density at radius 2 is 0.934 bits per heavy atom. The van der Waals surface area contributed by atoms with Crippen molar-refractivity contribution in [1.82, 2.24) is 51.0 Å². The zero-order chi connectivity index (χ0) is 54.6. The highest BCUT2D eigenvalue weighted by molar-refractivity contribution is 7.18. The van der Waals surface area contributed by atoms with Crippen LogP contribution in [0.3, 0.4) is 0 Å². The molecule has 0 aliphatic carbocycles. The van der Waals surface area contributed by atoms with E-state index in [1.165, 1.54) is 22.7 Å². The van der Waals surface area contributed by atoms with Crippen LogP contribution in [0.25, 0.3) is 65.2 Å². The number of aromatic nitrogens is 8. The second kappa shape index (κ2) is 24.4. The molecule has 10 aromatic rings. The van der Waals surface area contributed by atoms with Crippen molar-refractivity contribution in [2.24, 2.45) is 11.5 Å². The minimum atomic E-state index is -5.08. The number of halogens is 6. The number of nitrogens with zero attached hydrogens (tertiary/aromatic N) is 4. The second-order valence-electron chi connectivity index (χ2n) is 15.8. The van der Waals surface area contributed by atoms with E-state index in [0.717, 1.165) is 76.3 Å². The summed E-state index contributed by atoms with van der Waals surface area (Å²) in [4.78, 5) is 62.4. The quantitative estimate of drug-likeness (QED) is 0.0512. The van der Waals surface area contributed by atoms with Crippen molar-refractivity contribution in [3.63, 3.8) is 0 Å². The summed E-state index contributed by atoms with van der Waals surface area (Å²) in [5, 5.41) is 36.3. The van der Waals surface area contributed by atoms with E-state index in [9.17, 15) is 35.9 Å². The summed E-state index contributed by atoms with van der Waals surface area (Å²) in [7, 11) is 0. The highest BCUT2D eigenvalue weighted by Crippen LogP contribution is 2.43. The van der Waals surface area contributed by atoms with Crippen molar-refractivity contribution in [3.05, 3.63) is 168 Å². The average molecular weight is 1090 g/mol. The first-order chi connectivity index (χ1) is 36.4. The van der Waals surface area contributed by atoms with Crippen LogP contribution in [0.5, 0.6) is 0 Å². The maximum absolute atomic E-state index is 13.2. The Labute approximate surface area is 433 Å². The number of carboxylic acid groups (broad SMARTS) is 2. The Morgan fingerprint density at radius 1 is 0.566 bits per heavy atom. The highest BCUT2D eigenvalue weighted by atomic mass is 32.1. The van der Waals surface area contributed by atoms with Crippen LogP contribution in [0.4, 0.5) is 26.3 Å². The molecule has 10 rings (SSSR count). The van der Waals surface area contributed by atoms with Crippen LogP contribution in [-0.4, -0.2) is 99.7 Å². The molecule has 2 amide bonds. The number of carbonyl (C=O) groups excluding carboxylic acids is 2. The van der Waals surface area contributed by atoms with E-state index >= 15 is 0 Å². The Morgan fingerprint density at radius 3 is 1.25 bits per heavy atom. The number of hydrogen-bond acceptors (Lipinski definition) is 12. The van der Waals surface area contributed by atoms with Gasteiger partial charge in [-0.15, -0.1) is 22.7 Å². The van der Waals surface area contributed by atoms with Gasteiger partial charge in [0.25, 0.3) is 11.8 Å². The number of carbonyl (C=O) groups is 4. The minimum Gasteiger partial charge on any atom is -0.475 e. The third-order valence-corrected chi connectivity index (χ3v) is 13.2. The van der Waals surface area contributed by atoms with Gasteiger partial charge in [-0.05, 0) is 47.5 Å². The summed E-state index contributed by atoms with van der Waals surface area (Å²) in [6, 6.07) is 30.8. The van der Waals surface area contributed by atoms with Crippen molar-refractivity contribution < 1.29 is 55.7 Å². The summed E-state index contributed by atoms with van der Waals surface area (Å²) >= 11 is 2.90. The standard InChI is InChI=1S/2C23H20N6OS.2C2HF3O2/c2*24-11-19(14-4-2-1-3-5-14)29-23(30)20-10-18(15-12-27-28-13-15)21(31-20)16-6-8-25-22-17(16)7-9-26-22;2*3-2(4,5)1(6)7/h2*1-10,12-13,19H,11,24H2,(H,25,26)(H,27,28)(H,29,30);2*(H,6,7). The lowest BCUT2D eigenvalue weighted by Gasteiger charge is -2.16. The fourth-order valence-electron chi connectivity index (χ4n) is 7.34. The first kappa shape index (κ1) is 54.8. The number of carboxylic acids is 2. The molecule has 18 nitrogen and oxygen atoms in total. The van der Waals surface area contributed by atoms with Crippen LogP contribution in [0.15, 0.2) is 147 Å². The van der Waals surface area contributed by atoms with Crippen LogP contribution >= 0.6 is 22.7 Å². The molecule has 0 saturated heterocycles. The summed E-state index contributed by atoms with van der Waals surface area (Å²) in [6.07, 6.45) is 4.28. The van der Waals surface area contributed by atoms with Crippen LogP contribution < -0.4 is 22.1 Å². The molecular formula is C50H42F6N12O6S2. The van der Waals surface area contributed by atoms with E-state index in [0.29, 0.717) is 22.8 Å². The lowest BCUT2D eigenvalue weighted by molar-refractivity contribution is -0.193. The number of rotatable bonds is 12. The maximum Gasteiger partial charge on any atom is 0.490 e. The number of nitrogens with one attached hydrogen (secondary N) is 6. The monoisotopic (exact) mass is 1080 g/mol. The number of aromatic amines is 4. The van der Waals surface area contributed by atoms with E-state index in [4.69, 9.17) is 31.3 Å². The van der Waals surface area contributed by atoms with Gasteiger partial charge in [0.1, 0.15) is 11.3 Å². The van der Waals surface area contributed by atoms with E-state index < -0.39 is 24.3 Å². The molecule has 2 unspecified atom stereocenters. The number of aliphatic carboxylic acids is 2. The van der Waals surface area contributed by atoms with Gasteiger partial charge in [0, 0.05) is 104 Å². The van der Waals surface area contributed by atoms with Crippen LogP contribution in [0, 0.1) is 0 Å². The molecule has 0 aliphatic rings. The molecule has 0 aliphatic heterocycles. The van der Waals surface area contributed by atoms with Gasteiger partial charge in [-0.1, -0.05) is 60.7 Å². The van der Waals surface area contributed by atoms with Crippen molar-refractivity contribution >= 4 is 68.5 Å². The van der Waals surface area contributed by atoms with E-state index in [1.54, 1.807) is 24.8 Å². The number of hydrogen-bond donors (Lipinski definition) is 10. The number of nitrogens with two attached hydrogens (primary N) is 2. The Balaban J connectivity index is 0.000000177. The lowest BCUT2D eigenvalue weighted by Crippen LogP contribution is -2.32. The molecule has 76 heavy (non-hydrogen) atoms. The molecule has 12 N–H and O–H groups in total. The zero-order valence-electron chi connectivity index (χ0n) is 39.0. The number of amides is 2. The zero-order valence-corrected chi connectivity index (χ0v) is 40.6. The van der Waals surface area contributed by atoms with Gasteiger partial charge in [-0.25, -0.2) is 19.6 Å². The summed E-state index contributed by atoms with van der Waals surface area (Å²) in [5.41, 5.74) is 21.2. The van der Waals surface area contributed by atoms with Gasteiger partial charge in [-0.2, -0.15) is 36.5 Å². The first-order valence-corrected chi connectivity index (χ1v) is 23.8. The fourth-order valence-corrected chi connectivity index (χ4v) is 9.58. The summed E-state index contributed by atoms with van der Waals surface area (Å²) in [6.45, 7) is 0.633. The van der Waals surface area contributed by atoms with Crippen molar-refractivity contribution in [3.8, 4) is 43.1 Å². The third kappa shape index (κ3) is 13.4. The molecule has 0 spiro atoms. The molecular weight excluding hydrogens is 1040 g/mol. The van der Waals surface area contributed by atoms with Gasteiger partial charge in [0.15, 0.2) is 0 Å². The molecule has 0 radical (unpaired) electrons. The predicted molar refractivity (Wildman–Crippen MR) is 273 cm³/mol. The highest BCUT2D eigenvalue weighted by Gasteiger charge is 2.39. The average Bonchev–Trinajstić information content (AvgIpc) is 4.30. The van der Waals surface area contributed by atoms with Gasteiger partial charge in [0.2, 0.25) is 0 Å². The Bertz CT molecular complexity index is 3290. The summed E-state index contributed by atoms with van der Waals surface area (Å²) in [5.74, 6) is -5.82. The fraction of sp³-hybridized carbons (Fsp3) is 0.120. The molecule has 8 aromatic heterocycles. The second-order valence-corrected chi connectivity index (χ2v) is 17.9. The van der Waals surface area contributed by atoms with Crippen molar-refractivity contribution in [1.29, 1.82) is 0 Å². The number of fused-ring (bicyclic) bond motifs is 2. The van der Waals surface area contributed by atoms with Gasteiger partial charge in [0.05, 0.1) is 34.2 Å². The molecule has 0 fully saturated rings. The topological polar surface area (TPSA) is 300 Å². The molecule has 8 heterocycles. The van der Waals surface area contributed by atoms with Crippen molar-refractivity contribution in [2.75, 3.05) is 13.1 Å². The first-order valence-electron chi connectivity index (χ1n) is 22.2. The summed E-state index contributed by atoms with van der Waals surface area (Å²) < 4.78 is 63.5. The number of H-pyrrole nitrogens is 4. The van der Waals surface area contributed by atoms with E-state index in [-0.39, 0.29) is 23.9 Å². The molecule has 2 aromatic carbocycles.